The van der Waals surface area contributed by atoms with Crippen LogP contribution in [0.15, 0.2) is 39.4 Å². The molecular weight excluding hydrogens is 356 g/mol. The number of hydrogen-bond donors (Lipinski definition) is 0. The maximum Gasteiger partial charge on any atom is 0.169 e. The van der Waals surface area contributed by atoms with Gasteiger partial charge in [-0.15, -0.1) is 0 Å². The van der Waals surface area contributed by atoms with Crippen LogP contribution >= 0.6 is 31.9 Å². The Morgan fingerprint density at radius 1 is 1.11 bits per heavy atom. The molecule has 0 aliphatic heterocycles. The second kappa shape index (κ2) is 6.07. The molecule has 3 heteroatoms. The smallest absolute Gasteiger partial charge is 0.169 e. The van der Waals surface area contributed by atoms with Gasteiger partial charge in [-0.1, -0.05) is 48.0 Å². The lowest BCUT2D eigenvalue weighted by molar-refractivity contribution is 0.496. The van der Waals surface area contributed by atoms with Crippen LogP contribution in [0.2, 0.25) is 0 Å². The molecule has 0 spiro atoms. The van der Waals surface area contributed by atoms with Crippen LogP contribution in [0.1, 0.15) is 41.1 Å². The van der Waals surface area contributed by atoms with E-state index in [-0.39, 0.29) is 4.83 Å². The molecule has 0 N–H and O–H groups in total. The third-order valence-corrected chi connectivity index (χ3v) is 4.49. The fourth-order valence-corrected chi connectivity index (χ4v) is 3.03. The van der Waals surface area contributed by atoms with Crippen molar-refractivity contribution in [1.82, 2.24) is 0 Å². The minimum atomic E-state index is 0.116. The zero-order chi connectivity index (χ0) is 13.1. The molecule has 0 fully saturated rings. The van der Waals surface area contributed by atoms with Crippen LogP contribution < -0.4 is 0 Å². The quantitative estimate of drug-likeness (QED) is 0.632. The van der Waals surface area contributed by atoms with E-state index >= 15 is 0 Å². The SMILES string of the molecule is CCc1ccc(CC)c(C(Br)c2ccc(Br)o2)c1. The Balaban J connectivity index is 2.41. The topological polar surface area (TPSA) is 13.1 Å². The van der Waals surface area contributed by atoms with Crippen LogP contribution in [-0.4, -0.2) is 0 Å². The van der Waals surface area contributed by atoms with Crippen molar-refractivity contribution < 1.29 is 4.42 Å². The number of hydrogen-bond acceptors (Lipinski definition) is 1. The predicted molar refractivity (Wildman–Crippen MR) is 82.4 cm³/mol. The lowest BCUT2D eigenvalue weighted by Crippen LogP contribution is -1.98. The predicted octanol–water partition coefficient (Wildman–Crippen LogP) is 5.65. The van der Waals surface area contributed by atoms with Gasteiger partial charge in [-0.3, -0.25) is 0 Å². The van der Waals surface area contributed by atoms with Gasteiger partial charge in [-0.05, 0) is 57.6 Å². The van der Waals surface area contributed by atoms with Crippen molar-refractivity contribution >= 4 is 31.9 Å². The number of halogens is 2. The summed E-state index contributed by atoms with van der Waals surface area (Å²) in [5.41, 5.74) is 4.03. The van der Waals surface area contributed by atoms with Gasteiger partial charge < -0.3 is 4.42 Å². The Morgan fingerprint density at radius 3 is 2.44 bits per heavy atom. The molecule has 96 valence electrons. The summed E-state index contributed by atoms with van der Waals surface area (Å²) in [6.07, 6.45) is 2.09. The summed E-state index contributed by atoms with van der Waals surface area (Å²) in [4.78, 5) is 0.116. The Hall–Kier alpha value is -0.540. The summed E-state index contributed by atoms with van der Waals surface area (Å²) in [6.45, 7) is 4.36. The Kier molecular flexibility index (Phi) is 4.68. The molecule has 0 saturated carbocycles. The van der Waals surface area contributed by atoms with Gasteiger partial charge in [0.25, 0.3) is 0 Å². The molecule has 0 amide bonds. The molecule has 0 aliphatic carbocycles. The third-order valence-electron chi connectivity index (χ3n) is 3.12. The molecule has 0 aliphatic rings. The first-order valence-electron chi connectivity index (χ1n) is 6.16. The van der Waals surface area contributed by atoms with Crippen molar-refractivity contribution in [3.63, 3.8) is 0 Å². The van der Waals surface area contributed by atoms with Crippen molar-refractivity contribution in [1.29, 1.82) is 0 Å². The first-order chi connectivity index (χ1) is 8.65. The van der Waals surface area contributed by atoms with Gasteiger partial charge >= 0.3 is 0 Å². The first-order valence-corrected chi connectivity index (χ1v) is 7.87. The van der Waals surface area contributed by atoms with Gasteiger partial charge in [0.15, 0.2) is 4.67 Å². The summed E-state index contributed by atoms with van der Waals surface area (Å²) in [5.74, 6) is 0.935. The fraction of sp³-hybridized carbons (Fsp3) is 0.333. The van der Waals surface area contributed by atoms with Crippen LogP contribution in [0.3, 0.4) is 0 Å². The Bertz CT molecular complexity index is 531. The van der Waals surface area contributed by atoms with E-state index in [1.807, 2.05) is 12.1 Å². The van der Waals surface area contributed by atoms with Crippen LogP contribution in [-0.2, 0) is 12.8 Å². The van der Waals surface area contributed by atoms with Crippen LogP contribution in [0.4, 0.5) is 0 Å². The highest BCUT2D eigenvalue weighted by Crippen LogP contribution is 2.35. The summed E-state index contributed by atoms with van der Waals surface area (Å²) in [6, 6.07) is 10.6. The van der Waals surface area contributed by atoms with Crippen LogP contribution in [0.5, 0.6) is 0 Å². The first kappa shape index (κ1) is 13.9. The Morgan fingerprint density at radius 2 is 1.89 bits per heavy atom. The fourth-order valence-electron chi connectivity index (χ4n) is 2.04. The minimum absolute atomic E-state index is 0.116. The summed E-state index contributed by atoms with van der Waals surface area (Å²) >= 11 is 7.10. The standard InChI is InChI=1S/C15H16Br2O/c1-3-10-5-6-11(4-2)12(9-10)15(17)13-7-8-14(16)18-13/h5-9,15H,3-4H2,1-2H3. The van der Waals surface area contributed by atoms with E-state index in [9.17, 15) is 0 Å². The van der Waals surface area contributed by atoms with Gasteiger partial charge in [0.1, 0.15) is 5.76 Å². The lowest BCUT2D eigenvalue weighted by Gasteiger charge is -2.14. The highest BCUT2D eigenvalue weighted by molar-refractivity contribution is 9.10. The summed E-state index contributed by atoms with van der Waals surface area (Å²) in [7, 11) is 0. The monoisotopic (exact) mass is 370 g/mol. The van der Waals surface area contributed by atoms with Gasteiger partial charge in [-0.2, -0.15) is 0 Å². The van der Waals surface area contributed by atoms with Crippen LogP contribution in [0.25, 0.3) is 0 Å². The molecule has 1 heterocycles. The molecule has 0 radical (unpaired) electrons. The number of aryl methyl sites for hydroxylation is 2. The summed E-state index contributed by atoms with van der Waals surface area (Å²) in [5, 5.41) is 0. The molecule has 1 unspecified atom stereocenters. The third kappa shape index (κ3) is 2.89. The molecule has 2 aromatic rings. The van der Waals surface area contributed by atoms with E-state index < -0.39 is 0 Å². The van der Waals surface area contributed by atoms with Crippen molar-refractivity contribution in [2.45, 2.75) is 31.5 Å². The largest absolute Gasteiger partial charge is 0.453 e. The molecular formula is C15H16Br2O. The highest BCUT2D eigenvalue weighted by atomic mass is 79.9. The Labute approximate surface area is 125 Å². The van der Waals surface area contributed by atoms with Crippen molar-refractivity contribution in [2.75, 3.05) is 0 Å². The normalized spacial score (nSPS) is 12.7. The van der Waals surface area contributed by atoms with Crippen molar-refractivity contribution in [3.8, 4) is 0 Å². The van der Waals surface area contributed by atoms with Gasteiger partial charge in [0.05, 0.1) is 4.83 Å². The van der Waals surface area contributed by atoms with Crippen molar-refractivity contribution in [2.24, 2.45) is 0 Å². The number of benzene rings is 1. The minimum Gasteiger partial charge on any atom is -0.453 e. The number of alkyl halides is 1. The summed E-state index contributed by atoms with van der Waals surface area (Å²) < 4.78 is 6.41. The van der Waals surface area contributed by atoms with E-state index in [2.05, 4.69) is 63.9 Å². The van der Waals surface area contributed by atoms with Gasteiger partial charge in [-0.25, -0.2) is 0 Å². The molecule has 1 aromatic carbocycles. The zero-order valence-corrected chi connectivity index (χ0v) is 13.7. The van der Waals surface area contributed by atoms with E-state index in [1.54, 1.807) is 0 Å². The molecule has 1 aromatic heterocycles. The second-order valence-corrected chi connectivity index (χ2v) is 5.94. The highest BCUT2D eigenvalue weighted by Gasteiger charge is 2.17. The van der Waals surface area contributed by atoms with E-state index in [0.717, 1.165) is 23.3 Å². The lowest BCUT2D eigenvalue weighted by atomic mass is 9.97. The van der Waals surface area contributed by atoms with Crippen molar-refractivity contribution in [3.05, 3.63) is 57.5 Å². The van der Waals surface area contributed by atoms with E-state index in [1.165, 1.54) is 16.7 Å². The molecule has 0 bridgehead atoms. The number of furan rings is 1. The maximum atomic E-state index is 5.64. The zero-order valence-electron chi connectivity index (χ0n) is 10.5. The average Bonchev–Trinajstić information content (AvgIpc) is 2.83. The van der Waals surface area contributed by atoms with Gasteiger partial charge in [0, 0.05) is 0 Å². The maximum absolute atomic E-state index is 5.64. The molecule has 18 heavy (non-hydrogen) atoms. The second-order valence-electron chi connectivity index (χ2n) is 4.24. The number of rotatable bonds is 4. The van der Waals surface area contributed by atoms with Crippen LogP contribution in [0, 0.1) is 0 Å². The molecule has 1 nitrogen and oxygen atoms in total. The van der Waals surface area contributed by atoms with E-state index in [4.69, 9.17) is 4.42 Å². The molecule has 0 saturated heterocycles. The van der Waals surface area contributed by atoms with Gasteiger partial charge in [0.2, 0.25) is 0 Å². The molecule has 1 atom stereocenters. The molecule has 2 rings (SSSR count). The van der Waals surface area contributed by atoms with E-state index in [0.29, 0.717) is 0 Å². The average molecular weight is 372 g/mol.